The second-order valence-corrected chi connectivity index (χ2v) is 3.94. The summed E-state index contributed by atoms with van der Waals surface area (Å²) in [5, 5.41) is 5.97. The van der Waals surface area contributed by atoms with Crippen LogP contribution >= 0.6 is 0 Å². The fourth-order valence-electron chi connectivity index (χ4n) is 1.60. The van der Waals surface area contributed by atoms with Gasteiger partial charge in [0.1, 0.15) is 6.04 Å². The van der Waals surface area contributed by atoms with Crippen molar-refractivity contribution in [3.8, 4) is 0 Å². The van der Waals surface area contributed by atoms with Gasteiger partial charge in [0.2, 0.25) is 5.91 Å². The highest BCUT2D eigenvalue weighted by atomic mass is 16.5. The number of nitrogens with one attached hydrogen (secondary N) is 2. The van der Waals surface area contributed by atoms with Crippen LogP contribution in [0.2, 0.25) is 0 Å². The Hall–Kier alpha value is -1.39. The summed E-state index contributed by atoms with van der Waals surface area (Å²) < 4.78 is 5.24. The number of benzene rings is 1. The number of carbonyl (C=O) groups excluding carboxylic acids is 1. The third-order valence-corrected chi connectivity index (χ3v) is 2.56. The molecule has 1 atom stereocenters. The van der Waals surface area contributed by atoms with Crippen molar-refractivity contribution in [2.24, 2.45) is 0 Å². The van der Waals surface area contributed by atoms with Crippen LogP contribution in [0.1, 0.15) is 5.56 Å². The molecule has 0 bridgehead atoms. The van der Waals surface area contributed by atoms with Gasteiger partial charge < -0.3 is 15.4 Å². The second kappa shape index (κ2) is 5.09. The van der Waals surface area contributed by atoms with Gasteiger partial charge in [-0.2, -0.15) is 0 Å². The van der Waals surface area contributed by atoms with Crippen molar-refractivity contribution < 1.29 is 9.53 Å². The molecule has 2 N–H and O–H groups in total. The molecule has 1 aliphatic heterocycles. The Morgan fingerprint density at radius 1 is 1.44 bits per heavy atom. The molecular formula is C12H16N2O2. The standard InChI is InChI=1S/C12H16N2O2/c1-9-2-4-10(5-3-9)14-12(15)11-8-16-7-6-13-11/h2-5,11,13H,6-8H2,1H3,(H,14,15). The Labute approximate surface area is 95.0 Å². The Morgan fingerprint density at radius 2 is 2.19 bits per heavy atom. The second-order valence-electron chi connectivity index (χ2n) is 3.94. The van der Waals surface area contributed by atoms with Crippen LogP contribution in [0, 0.1) is 6.92 Å². The molecule has 16 heavy (non-hydrogen) atoms. The SMILES string of the molecule is Cc1ccc(NC(=O)C2COCCN2)cc1. The van der Waals surface area contributed by atoms with E-state index in [-0.39, 0.29) is 11.9 Å². The third-order valence-electron chi connectivity index (χ3n) is 2.56. The predicted molar refractivity (Wildman–Crippen MR) is 62.4 cm³/mol. The number of hydrogen-bond donors (Lipinski definition) is 2. The molecule has 0 aromatic heterocycles. The number of morpholine rings is 1. The molecule has 1 heterocycles. The largest absolute Gasteiger partial charge is 0.378 e. The summed E-state index contributed by atoms with van der Waals surface area (Å²) >= 11 is 0. The predicted octanol–water partition coefficient (Wildman–Crippen LogP) is 0.922. The molecule has 1 aliphatic rings. The van der Waals surface area contributed by atoms with E-state index in [0.717, 1.165) is 12.2 Å². The molecule has 0 saturated carbocycles. The van der Waals surface area contributed by atoms with E-state index < -0.39 is 0 Å². The summed E-state index contributed by atoms with van der Waals surface area (Å²) in [6.45, 7) is 3.86. The molecule has 1 aromatic carbocycles. The van der Waals surface area contributed by atoms with Gasteiger partial charge >= 0.3 is 0 Å². The molecule has 0 aliphatic carbocycles. The fourth-order valence-corrected chi connectivity index (χ4v) is 1.60. The number of amides is 1. The minimum absolute atomic E-state index is 0.0384. The van der Waals surface area contributed by atoms with Crippen molar-refractivity contribution >= 4 is 11.6 Å². The van der Waals surface area contributed by atoms with Gasteiger partial charge in [-0.25, -0.2) is 0 Å². The molecular weight excluding hydrogens is 204 g/mol. The molecule has 4 nitrogen and oxygen atoms in total. The quantitative estimate of drug-likeness (QED) is 0.779. The highest BCUT2D eigenvalue weighted by Gasteiger charge is 2.20. The number of ether oxygens (including phenoxy) is 1. The summed E-state index contributed by atoms with van der Waals surface area (Å²) in [4.78, 5) is 11.8. The fraction of sp³-hybridized carbons (Fsp3) is 0.417. The van der Waals surface area contributed by atoms with Crippen molar-refractivity contribution in [1.82, 2.24) is 5.32 Å². The number of anilines is 1. The van der Waals surface area contributed by atoms with Crippen molar-refractivity contribution in [3.05, 3.63) is 29.8 Å². The normalized spacial score (nSPS) is 20.4. The molecule has 1 saturated heterocycles. The van der Waals surface area contributed by atoms with Gasteiger partial charge in [0.25, 0.3) is 0 Å². The lowest BCUT2D eigenvalue weighted by Crippen LogP contribution is -2.48. The summed E-state index contributed by atoms with van der Waals surface area (Å²) in [5.74, 6) is -0.0384. The van der Waals surface area contributed by atoms with E-state index in [1.807, 2.05) is 31.2 Å². The van der Waals surface area contributed by atoms with Gasteiger partial charge in [-0.1, -0.05) is 17.7 Å². The van der Waals surface area contributed by atoms with Crippen LogP contribution in [0.5, 0.6) is 0 Å². The zero-order valence-corrected chi connectivity index (χ0v) is 9.32. The van der Waals surface area contributed by atoms with Gasteiger partial charge in [0.05, 0.1) is 13.2 Å². The number of carbonyl (C=O) groups is 1. The van der Waals surface area contributed by atoms with Gasteiger partial charge in [-0.15, -0.1) is 0 Å². The Bertz CT molecular complexity index is 356. The van der Waals surface area contributed by atoms with Crippen molar-refractivity contribution in [1.29, 1.82) is 0 Å². The van der Waals surface area contributed by atoms with Gasteiger partial charge in [0, 0.05) is 12.2 Å². The maximum absolute atomic E-state index is 11.8. The Kier molecular flexibility index (Phi) is 3.54. The zero-order chi connectivity index (χ0) is 11.4. The lowest BCUT2D eigenvalue weighted by atomic mass is 10.2. The van der Waals surface area contributed by atoms with Crippen molar-refractivity contribution in [3.63, 3.8) is 0 Å². The van der Waals surface area contributed by atoms with Crippen LogP contribution in [-0.2, 0) is 9.53 Å². The Morgan fingerprint density at radius 3 is 2.81 bits per heavy atom. The topological polar surface area (TPSA) is 50.4 Å². The van der Waals surface area contributed by atoms with Crippen LogP contribution in [0.3, 0.4) is 0 Å². The summed E-state index contributed by atoms with van der Waals surface area (Å²) in [7, 11) is 0. The number of hydrogen-bond acceptors (Lipinski definition) is 3. The average molecular weight is 220 g/mol. The lowest BCUT2D eigenvalue weighted by Gasteiger charge is -2.22. The van der Waals surface area contributed by atoms with Crippen LogP contribution in [0.25, 0.3) is 0 Å². The highest BCUT2D eigenvalue weighted by molar-refractivity contribution is 5.95. The molecule has 86 valence electrons. The van der Waals surface area contributed by atoms with E-state index in [0.29, 0.717) is 13.2 Å². The maximum atomic E-state index is 11.8. The molecule has 4 heteroatoms. The third kappa shape index (κ3) is 2.81. The van der Waals surface area contributed by atoms with Crippen molar-refractivity contribution in [2.75, 3.05) is 25.1 Å². The van der Waals surface area contributed by atoms with E-state index >= 15 is 0 Å². The first-order chi connectivity index (χ1) is 7.75. The molecule has 2 rings (SSSR count). The van der Waals surface area contributed by atoms with E-state index in [1.54, 1.807) is 0 Å². The van der Waals surface area contributed by atoms with Crippen LogP contribution in [0.15, 0.2) is 24.3 Å². The Balaban J connectivity index is 1.93. The van der Waals surface area contributed by atoms with E-state index in [2.05, 4.69) is 10.6 Å². The molecule has 0 radical (unpaired) electrons. The van der Waals surface area contributed by atoms with Gasteiger partial charge in [-0.05, 0) is 19.1 Å². The first-order valence-corrected chi connectivity index (χ1v) is 5.44. The van der Waals surface area contributed by atoms with Crippen molar-refractivity contribution in [2.45, 2.75) is 13.0 Å². The smallest absolute Gasteiger partial charge is 0.243 e. The van der Waals surface area contributed by atoms with Crippen LogP contribution in [0.4, 0.5) is 5.69 Å². The van der Waals surface area contributed by atoms with Crippen LogP contribution < -0.4 is 10.6 Å². The number of rotatable bonds is 2. The molecule has 1 unspecified atom stereocenters. The summed E-state index contributed by atoms with van der Waals surface area (Å²) in [5.41, 5.74) is 2.00. The number of aryl methyl sites for hydroxylation is 1. The first-order valence-electron chi connectivity index (χ1n) is 5.44. The average Bonchev–Trinajstić information content (AvgIpc) is 2.33. The van der Waals surface area contributed by atoms with Gasteiger partial charge in [0.15, 0.2) is 0 Å². The maximum Gasteiger partial charge on any atom is 0.243 e. The lowest BCUT2D eigenvalue weighted by molar-refractivity contribution is -0.120. The monoisotopic (exact) mass is 220 g/mol. The summed E-state index contributed by atoms with van der Waals surface area (Å²) in [6.07, 6.45) is 0. The minimum Gasteiger partial charge on any atom is -0.378 e. The van der Waals surface area contributed by atoms with E-state index in [9.17, 15) is 4.79 Å². The molecule has 1 amide bonds. The van der Waals surface area contributed by atoms with Gasteiger partial charge in [-0.3, -0.25) is 4.79 Å². The first kappa shape index (κ1) is 11.1. The highest BCUT2D eigenvalue weighted by Crippen LogP contribution is 2.09. The molecule has 1 fully saturated rings. The minimum atomic E-state index is -0.241. The zero-order valence-electron chi connectivity index (χ0n) is 9.32. The van der Waals surface area contributed by atoms with E-state index in [4.69, 9.17) is 4.74 Å². The van der Waals surface area contributed by atoms with Crippen LogP contribution in [-0.4, -0.2) is 31.7 Å². The molecule has 0 spiro atoms. The summed E-state index contributed by atoms with van der Waals surface area (Å²) in [6, 6.07) is 7.50. The van der Waals surface area contributed by atoms with E-state index in [1.165, 1.54) is 5.56 Å². The molecule has 1 aromatic rings.